The lowest BCUT2D eigenvalue weighted by molar-refractivity contribution is 0.472. The Morgan fingerprint density at radius 1 is 0.529 bits per heavy atom. The summed E-state index contributed by atoms with van der Waals surface area (Å²) in [5.74, 6) is 3.04. The van der Waals surface area contributed by atoms with E-state index < -0.39 is 0 Å². The monoisotopic (exact) mass is 657 g/mol. The first kappa shape index (κ1) is 29.1. The zero-order chi connectivity index (χ0) is 33.7. The second kappa shape index (κ2) is 11.9. The Hall–Kier alpha value is -6.85. The number of hydrogen-bond acceptors (Lipinski definition) is 4. The molecule has 4 heterocycles. The molecule has 242 valence electrons. The van der Waals surface area contributed by atoms with Crippen molar-refractivity contribution >= 4 is 33.1 Å². The molecule has 0 radical (unpaired) electrons. The van der Waals surface area contributed by atoms with Crippen LogP contribution in [0.1, 0.15) is 11.1 Å². The molecular weight excluding hydrogens is 627 g/mol. The van der Waals surface area contributed by atoms with Crippen molar-refractivity contribution in [2.45, 2.75) is 0 Å². The van der Waals surface area contributed by atoms with Crippen LogP contribution in [0.15, 0.2) is 170 Å². The van der Waals surface area contributed by atoms with Gasteiger partial charge < -0.3 is 19.4 Å². The molecule has 5 heteroatoms. The first-order valence-electron chi connectivity index (χ1n) is 17.2. The molecule has 0 saturated carbocycles. The van der Waals surface area contributed by atoms with Gasteiger partial charge in [-0.05, 0) is 77.9 Å². The lowest BCUT2D eigenvalue weighted by Crippen LogP contribution is -2.16. The second-order valence-electron chi connectivity index (χ2n) is 12.8. The summed E-state index contributed by atoms with van der Waals surface area (Å²) in [6.07, 6.45) is 8.07. The van der Waals surface area contributed by atoms with Gasteiger partial charge in [0, 0.05) is 75.0 Å². The second-order valence-corrected chi connectivity index (χ2v) is 12.8. The van der Waals surface area contributed by atoms with Crippen LogP contribution in [0.4, 0.5) is 0 Å². The molecule has 0 fully saturated rings. The molecule has 2 aromatic heterocycles. The number of benzene rings is 6. The van der Waals surface area contributed by atoms with E-state index in [4.69, 9.17) is 9.47 Å². The average Bonchev–Trinajstić information content (AvgIpc) is 3.53. The number of aromatic nitrogens is 2. The zero-order valence-corrected chi connectivity index (χ0v) is 27.6. The van der Waals surface area contributed by atoms with Crippen LogP contribution < -0.4 is 14.8 Å². The van der Waals surface area contributed by atoms with Crippen LogP contribution in [0, 0.1) is 0 Å². The van der Waals surface area contributed by atoms with Crippen molar-refractivity contribution in [2.24, 2.45) is 0 Å². The average molecular weight is 658 g/mol. The van der Waals surface area contributed by atoms with Gasteiger partial charge in [0.2, 0.25) is 0 Å². The van der Waals surface area contributed by atoms with Gasteiger partial charge in [-0.1, -0.05) is 84.9 Å². The van der Waals surface area contributed by atoms with Crippen LogP contribution >= 0.6 is 0 Å². The van der Waals surface area contributed by atoms with Crippen LogP contribution in [-0.4, -0.2) is 16.1 Å². The lowest BCUT2D eigenvalue weighted by atomic mass is 9.95. The lowest BCUT2D eigenvalue weighted by Gasteiger charge is -2.23. The summed E-state index contributed by atoms with van der Waals surface area (Å²) in [4.78, 5) is 4.33. The van der Waals surface area contributed by atoms with E-state index in [0.29, 0.717) is 0 Å². The molecule has 2 aliphatic rings. The van der Waals surface area contributed by atoms with Gasteiger partial charge in [0.05, 0.1) is 11.0 Å². The van der Waals surface area contributed by atoms with Gasteiger partial charge in [0.25, 0.3) is 0 Å². The number of pyridine rings is 1. The van der Waals surface area contributed by atoms with E-state index in [-0.39, 0.29) is 0 Å². The maximum Gasteiger partial charge on any atom is 0.137 e. The van der Waals surface area contributed by atoms with Gasteiger partial charge in [-0.25, -0.2) is 0 Å². The molecule has 0 bridgehead atoms. The maximum absolute atomic E-state index is 7.00. The maximum atomic E-state index is 7.00. The normalized spacial score (nSPS) is 13.3. The van der Waals surface area contributed by atoms with Crippen LogP contribution in [0.5, 0.6) is 23.0 Å². The molecule has 5 nitrogen and oxygen atoms in total. The molecule has 10 rings (SSSR count). The fourth-order valence-corrected chi connectivity index (χ4v) is 7.40. The van der Waals surface area contributed by atoms with E-state index in [1.807, 2.05) is 48.7 Å². The number of ether oxygens (including phenoxy) is 2. The Morgan fingerprint density at radius 3 is 1.82 bits per heavy atom. The summed E-state index contributed by atoms with van der Waals surface area (Å²) in [5, 5.41) is 5.94. The highest BCUT2D eigenvalue weighted by Crippen LogP contribution is 2.48. The Kier molecular flexibility index (Phi) is 6.81. The summed E-state index contributed by atoms with van der Waals surface area (Å²) < 4.78 is 16.3. The Balaban J connectivity index is 1.18. The summed E-state index contributed by atoms with van der Waals surface area (Å²) >= 11 is 0. The number of fused-ring (bicyclic) bond motifs is 9. The fraction of sp³-hybridized carbons (Fsp3) is 0.0217. The van der Waals surface area contributed by atoms with E-state index in [9.17, 15) is 0 Å². The van der Waals surface area contributed by atoms with E-state index in [1.165, 1.54) is 10.8 Å². The zero-order valence-electron chi connectivity index (χ0n) is 27.6. The summed E-state index contributed by atoms with van der Waals surface area (Å²) in [7, 11) is 0. The molecule has 0 amide bonds. The Bertz CT molecular complexity index is 2650. The number of allylic oxidation sites excluding steroid dienone is 2. The number of dihydropyridines is 1. The third kappa shape index (κ3) is 4.98. The first-order chi connectivity index (χ1) is 25.3. The number of nitrogens with zero attached hydrogens (tertiary/aromatic N) is 2. The number of para-hydroxylation sites is 4. The Morgan fingerprint density at radius 2 is 1.14 bits per heavy atom. The Labute approximate surface area is 295 Å². The molecule has 0 unspecified atom stereocenters. The highest BCUT2D eigenvalue weighted by Gasteiger charge is 2.23. The number of hydrogen-bond donors (Lipinski definition) is 1. The van der Waals surface area contributed by atoms with Crippen LogP contribution in [0.2, 0.25) is 0 Å². The van der Waals surface area contributed by atoms with Crippen LogP contribution in [0.25, 0.3) is 61.0 Å². The summed E-state index contributed by atoms with van der Waals surface area (Å²) in [6.45, 7) is 0.718. The third-order valence-corrected chi connectivity index (χ3v) is 9.80. The van der Waals surface area contributed by atoms with Crippen molar-refractivity contribution in [2.75, 3.05) is 6.54 Å². The summed E-state index contributed by atoms with van der Waals surface area (Å²) in [6, 6.07) is 50.5. The van der Waals surface area contributed by atoms with Crippen LogP contribution in [0.3, 0.4) is 0 Å². The SMILES string of the molecule is C1=C(c2ccc3c(c2)Oc2ccccc2-c2ccccc2Oc2cc(-n4c5ccccc5c5ccccc54)ccc2-3)C=C(c2cccnc2)NC1. The minimum atomic E-state index is 0.718. The van der Waals surface area contributed by atoms with E-state index in [1.54, 1.807) is 6.20 Å². The van der Waals surface area contributed by atoms with Crippen molar-refractivity contribution < 1.29 is 9.47 Å². The minimum absolute atomic E-state index is 0.718. The van der Waals surface area contributed by atoms with Gasteiger partial charge in [0.15, 0.2) is 0 Å². The molecule has 1 N–H and O–H groups in total. The fourth-order valence-electron chi connectivity index (χ4n) is 7.40. The molecule has 0 spiro atoms. The number of nitrogens with one attached hydrogen (secondary N) is 1. The molecule has 0 saturated heterocycles. The first-order valence-corrected chi connectivity index (χ1v) is 17.2. The molecule has 51 heavy (non-hydrogen) atoms. The van der Waals surface area contributed by atoms with Gasteiger partial charge in [-0.2, -0.15) is 0 Å². The van der Waals surface area contributed by atoms with E-state index in [2.05, 4.69) is 130 Å². The predicted octanol–water partition coefficient (Wildman–Crippen LogP) is 11.4. The van der Waals surface area contributed by atoms with Crippen LogP contribution in [-0.2, 0) is 0 Å². The molecule has 8 aromatic rings. The van der Waals surface area contributed by atoms with E-state index in [0.717, 1.165) is 90.9 Å². The van der Waals surface area contributed by atoms with Gasteiger partial charge in [0.1, 0.15) is 23.0 Å². The largest absolute Gasteiger partial charge is 0.456 e. The van der Waals surface area contributed by atoms with Crippen molar-refractivity contribution in [1.82, 2.24) is 14.9 Å². The molecule has 0 atom stereocenters. The smallest absolute Gasteiger partial charge is 0.137 e. The third-order valence-electron chi connectivity index (χ3n) is 9.80. The highest BCUT2D eigenvalue weighted by atomic mass is 16.5. The van der Waals surface area contributed by atoms with Gasteiger partial charge in [-0.15, -0.1) is 0 Å². The molecular formula is C46H31N3O2. The molecule has 2 aliphatic heterocycles. The highest BCUT2D eigenvalue weighted by molar-refractivity contribution is 6.09. The molecule has 6 aromatic carbocycles. The predicted molar refractivity (Wildman–Crippen MR) is 206 cm³/mol. The standard InChI is InChI=1S/C46H31N3O2/c1-5-15-41-34(11-1)35-12-2-6-16-42(35)49(41)33-20-22-39-38-21-19-30(31-23-25-48-40(26-31)32-10-9-24-47-29-32)27-45(38)50-43-17-7-3-13-36(43)37-14-4-8-18-44(37)51-46(39)28-33/h1-24,26-29,48H,25H2. The van der Waals surface area contributed by atoms with Crippen molar-refractivity contribution in [3.05, 3.63) is 181 Å². The quantitative estimate of drug-likeness (QED) is 0.205. The molecule has 0 aliphatic carbocycles. The van der Waals surface area contributed by atoms with Crippen molar-refractivity contribution in [3.63, 3.8) is 0 Å². The van der Waals surface area contributed by atoms with Gasteiger partial charge in [-0.3, -0.25) is 4.98 Å². The number of rotatable bonds is 3. The van der Waals surface area contributed by atoms with Crippen molar-refractivity contribution in [1.29, 1.82) is 0 Å². The van der Waals surface area contributed by atoms with E-state index >= 15 is 0 Å². The van der Waals surface area contributed by atoms with Gasteiger partial charge >= 0.3 is 0 Å². The summed E-state index contributed by atoms with van der Waals surface area (Å²) in [5.41, 5.74) is 11.4. The van der Waals surface area contributed by atoms with Crippen molar-refractivity contribution in [3.8, 4) is 50.9 Å². The minimum Gasteiger partial charge on any atom is -0.456 e. The topological polar surface area (TPSA) is 48.3 Å².